The molecule has 1 fully saturated rings. The first-order chi connectivity index (χ1) is 11.7. The molecule has 2 aromatic rings. The molecule has 2 unspecified atom stereocenters. The maximum Gasteiger partial charge on any atom is 0.331 e. The maximum absolute atomic E-state index is 13.3. The maximum atomic E-state index is 13.3. The molecule has 2 N–H and O–H groups in total. The zero-order valence-electron chi connectivity index (χ0n) is 13.7. The molecule has 25 heavy (non-hydrogen) atoms. The first kappa shape index (κ1) is 17.1. The molecule has 1 aromatic heterocycles. The predicted molar refractivity (Wildman–Crippen MR) is 85.0 cm³/mol. The van der Waals surface area contributed by atoms with E-state index in [1.807, 2.05) is 0 Å². The lowest BCUT2D eigenvalue weighted by molar-refractivity contribution is -0.146. The molecule has 0 saturated heterocycles. The van der Waals surface area contributed by atoms with Gasteiger partial charge in [0.2, 0.25) is 5.91 Å². The van der Waals surface area contributed by atoms with Crippen molar-refractivity contribution in [1.29, 1.82) is 0 Å². The third-order valence-electron chi connectivity index (χ3n) is 4.45. The Labute approximate surface area is 142 Å². The summed E-state index contributed by atoms with van der Waals surface area (Å²) in [7, 11) is 0. The van der Waals surface area contributed by atoms with Gasteiger partial charge in [0.15, 0.2) is 17.2 Å². The van der Waals surface area contributed by atoms with Gasteiger partial charge in [-0.3, -0.25) is 9.48 Å². The largest absolute Gasteiger partial charge is 0.479 e. The number of rotatable bonds is 5. The highest BCUT2D eigenvalue weighted by Crippen LogP contribution is 2.48. The number of amides is 1. The third-order valence-corrected chi connectivity index (χ3v) is 4.45. The van der Waals surface area contributed by atoms with Crippen LogP contribution in [-0.2, 0) is 15.1 Å². The van der Waals surface area contributed by atoms with E-state index in [9.17, 15) is 23.5 Å². The van der Waals surface area contributed by atoms with Crippen LogP contribution in [0.1, 0.15) is 31.7 Å². The monoisotopic (exact) mass is 349 g/mol. The number of carbonyl (C=O) groups excluding carboxylic acids is 1. The van der Waals surface area contributed by atoms with Gasteiger partial charge in [-0.2, -0.15) is 5.10 Å². The fourth-order valence-corrected chi connectivity index (χ4v) is 2.62. The Morgan fingerprint density at radius 2 is 2.04 bits per heavy atom. The fraction of sp³-hybridized carbons (Fsp3) is 0.353. The fourth-order valence-electron chi connectivity index (χ4n) is 2.62. The van der Waals surface area contributed by atoms with Crippen LogP contribution in [0.2, 0.25) is 0 Å². The van der Waals surface area contributed by atoms with Crippen LogP contribution in [0.3, 0.4) is 0 Å². The molecule has 0 aliphatic heterocycles. The summed E-state index contributed by atoms with van der Waals surface area (Å²) in [4.78, 5) is 23.5. The van der Waals surface area contributed by atoms with Crippen LogP contribution in [0.4, 0.5) is 14.5 Å². The Kier molecular flexibility index (Phi) is 4.06. The molecule has 132 valence electrons. The van der Waals surface area contributed by atoms with Gasteiger partial charge in [0, 0.05) is 12.1 Å². The van der Waals surface area contributed by atoms with Crippen LogP contribution in [0.15, 0.2) is 30.6 Å². The van der Waals surface area contributed by atoms with Crippen molar-refractivity contribution in [3.8, 4) is 0 Å². The molecule has 1 aliphatic carbocycles. The number of hydrogen-bond acceptors (Lipinski definition) is 3. The van der Waals surface area contributed by atoms with Gasteiger partial charge < -0.3 is 10.4 Å². The summed E-state index contributed by atoms with van der Waals surface area (Å²) in [6.45, 7) is 2.99. The van der Waals surface area contributed by atoms with Crippen LogP contribution < -0.4 is 5.32 Å². The van der Waals surface area contributed by atoms with Crippen LogP contribution in [0.5, 0.6) is 0 Å². The summed E-state index contributed by atoms with van der Waals surface area (Å²) in [6.07, 6.45) is 3.37. The van der Waals surface area contributed by atoms with E-state index < -0.39 is 23.1 Å². The van der Waals surface area contributed by atoms with Crippen molar-refractivity contribution in [1.82, 2.24) is 9.78 Å². The summed E-state index contributed by atoms with van der Waals surface area (Å²) in [6, 6.07) is 3.64. The SMILES string of the molecule is CC(C)(C(=O)O)n1cc(NC(=O)C2CC2c2ccc(F)c(F)c2)cn1. The van der Waals surface area contributed by atoms with Gasteiger partial charge in [-0.1, -0.05) is 6.07 Å². The van der Waals surface area contributed by atoms with Crippen molar-refractivity contribution in [3.05, 3.63) is 47.8 Å². The molecule has 2 atom stereocenters. The van der Waals surface area contributed by atoms with Crippen molar-refractivity contribution in [2.45, 2.75) is 31.7 Å². The first-order valence-corrected chi connectivity index (χ1v) is 7.74. The summed E-state index contributed by atoms with van der Waals surface area (Å²) in [5.74, 6) is -3.64. The molecule has 1 amide bonds. The molecule has 1 aromatic carbocycles. The Morgan fingerprint density at radius 3 is 2.68 bits per heavy atom. The minimum Gasteiger partial charge on any atom is -0.479 e. The van der Waals surface area contributed by atoms with Gasteiger partial charge >= 0.3 is 5.97 Å². The number of nitrogens with zero attached hydrogens (tertiary/aromatic N) is 2. The van der Waals surface area contributed by atoms with Gasteiger partial charge in [-0.05, 0) is 43.9 Å². The lowest BCUT2D eigenvalue weighted by Gasteiger charge is -2.19. The number of benzene rings is 1. The number of aromatic nitrogens is 2. The highest BCUT2D eigenvalue weighted by molar-refractivity contribution is 5.95. The number of halogens is 2. The van der Waals surface area contributed by atoms with Crippen LogP contribution in [-0.4, -0.2) is 26.8 Å². The Bertz CT molecular complexity index is 847. The topological polar surface area (TPSA) is 84.2 Å². The lowest BCUT2D eigenvalue weighted by atomic mass is 10.1. The van der Waals surface area contributed by atoms with Gasteiger partial charge in [-0.15, -0.1) is 0 Å². The van der Waals surface area contributed by atoms with E-state index in [2.05, 4.69) is 10.4 Å². The van der Waals surface area contributed by atoms with Crippen LogP contribution in [0, 0.1) is 17.6 Å². The average Bonchev–Trinajstić information content (AvgIpc) is 3.21. The first-order valence-electron chi connectivity index (χ1n) is 7.74. The molecule has 0 bridgehead atoms. The second kappa shape index (κ2) is 5.94. The standard InChI is InChI=1S/C17H17F2N3O3/c1-17(2,16(24)25)22-8-10(7-20-22)21-15(23)12-6-11(12)9-3-4-13(18)14(19)5-9/h3-5,7-8,11-12H,6H2,1-2H3,(H,21,23)(H,24,25). The van der Waals surface area contributed by atoms with Crippen molar-refractivity contribution in [3.63, 3.8) is 0 Å². The van der Waals surface area contributed by atoms with Gasteiger partial charge in [0.05, 0.1) is 11.9 Å². The molecular weight excluding hydrogens is 332 g/mol. The highest BCUT2D eigenvalue weighted by atomic mass is 19.2. The second-order valence-electron chi connectivity index (χ2n) is 6.65. The summed E-state index contributed by atoms with van der Waals surface area (Å²) >= 11 is 0. The van der Waals surface area contributed by atoms with E-state index in [4.69, 9.17) is 0 Å². The van der Waals surface area contributed by atoms with E-state index >= 15 is 0 Å². The number of nitrogens with one attached hydrogen (secondary N) is 1. The Morgan fingerprint density at radius 1 is 1.32 bits per heavy atom. The number of anilines is 1. The molecule has 8 heteroatoms. The zero-order valence-corrected chi connectivity index (χ0v) is 13.7. The van der Waals surface area contributed by atoms with E-state index in [1.165, 1.54) is 37.0 Å². The number of hydrogen-bond donors (Lipinski definition) is 2. The van der Waals surface area contributed by atoms with Crippen molar-refractivity contribution >= 4 is 17.6 Å². The minimum atomic E-state index is -1.24. The Hall–Kier alpha value is -2.77. The highest BCUT2D eigenvalue weighted by Gasteiger charge is 2.44. The van der Waals surface area contributed by atoms with Crippen LogP contribution >= 0.6 is 0 Å². The third kappa shape index (κ3) is 3.24. The number of carboxylic acids is 1. The van der Waals surface area contributed by atoms with Gasteiger partial charge in [0.1, 0.15) is 0 Å². The lowest BCUT2D eigenvalue weighted by Crippen LogP contribution is -2.35. The average molecular weight is 349 g/mol. The summed E-state index contributed by atoms with van der Waals surface area (Å²) in [5, 5.41) is 15.8. The molecular formula is C17H17F2N3O3. The number of carboxylic acid groups (broad SMARTS) is 1. The smallest absolute Gasteiger partial charge is 0.331 e. The van der Waals surface area contributed by atoms with E-state index in [0.717, 1.165) is 12.1 Å². The van der Waals surface area contributed by atoms with Crippen molar-refractivity contribution < 1.29 is 23.5 Å². The summed E-state index contributed by atoms with van der Waals surface area (Å²) in [5.41, 5.74) is -0.270. The van der Waals surface area contributed by atoms with Crippen LogP contribution in [0.25, 0.3) is 0 Å². The van der Waals surface area contributed by atoms with Gasteiger partial charge in [0.25, 0.3) is 0 Å². The Balaban J connectivity index is 1.65. The number of carbonyl (C=O) groups is 2. The number of aliphatic carboxylic acids is 1. The van der Waals surface area contributed by atoms with Crippen molar-refractivity contribution in [2.24, 2.45) is 5.92 Å². The van der Waals surface area contributed by atoms with E-state index in [-0.39, 0.29) is 17.7 Å². The van der Waals surface area contributed by atoms with E-state index in [1.54, 1.807) is 0 Å². The molecule has 6 nitrogen and oxygen atoms in total. The zero-order chi connectivity index (χ0) is 18.4. The summed E-state index contributed by atoms with van der Waals surface area (Å²) < 4.78 is 27.5. The predicted octanol–water partition coefficient (Wildman–Crippen LogP) is 2.72. The van der Waals surface area contributed by atoms with Crippen molar-refractivity contribution in [2.75, 3.05) is 5.32 Å². The molecule has 3 rings (SSSR count). The second-order valence-corrected chi connectivity index (χ2v) is 6.65. The molecule has 0 spiro atoms. The van der Waals surface area contributed by atoms with E-state index in [0.29, 0.717) is 17.7 Å². The molecule has 0 radical (unpaired) electrons. The normalized spacial score (nSPS) is 19.5. The van der Waals surface area contributed by atoms with Gasteiger partial charge in [-0.25, -0.2) is 13.6 Å². The quantitative estimate of drug-likeness (QED) is 0.869. The molecule has 1 saturated carbocycles. The molecule has 1 heterocycles. The minimum absolute atomic E-state index is 0.152. The molecule has 1 aliphatic rings.